The zero-order valence-electron chi connectivity index (χ0n) is 15.2. The molecule has 1 aliphatic heterocycles. The molecule has 0 saturated carbocycles. The number of morpholine rings is 1. The molecular weight excluding hydrogens is 346 g/mol. The molecule has 4 N–H and O–H groups in total. The van der Waals surface area contributed by atoms with Crippen molar-refractivity contribution in [1.82, 2.24) is 19.9 Å². The molecule has 1 aliphatic rings. The minimum Gasteiger partial charge on any atom is -0.395 e. The van der Waals surface area contributed by atoms with E-state index in [-0.39, 0.29) is 6.61 Å². The Morgan fingerprint density at radius 3 is 2.85 bits per heavy atom. The molecule has 3 aromatic rings. The van der Waals surface area contributed by atoms with Gasteiger partial charge in [0.25, 0.3) is 0 Å². The van der Waals surface area contributed by atoms with Crippen LogP contribution in [0.5, 0.6) is 0 Å². The average molecular weight is 369 g/mol. The molecule has 9 heteroatoms. The highest BCUT2D eigenvalue weighted by atomic mass is 16.5. The van der Waals surface area contributed by atoms with Gasteiger partial charge < -0.3 is 30.4 Å². The summed E-state index contributed by atoms with van der Waals surface area (Å²) in [6.45, 7) is 5.27. The smallest absolute Gasteiger partial charge is 0.226 e. The Labute approximate surface area is 156 Å². The quantitative estimate of drug-likeness (QED) is 0.519. The summed E-state index contributed by atoms with van der Waals surface area (Å²) in [4.78, 5) is 19.2. The van der Waals surface area contributed by atoms with Crippen molar-refractivity contribution < 1.29 is 9.84 Å². The number of nitrogens with zero attached hydrogens (tertiary/aromatic N) is 4. The summed E-state index contributed by atoms with van der Waals surface area (Å²) in [5.41, 5.74) is 3.47. The van der Waals surface area contributed by atoms with Crippen LogP contribution in [0, 0.1) is 6.92 Å². The number of aliphatic hydroxyl groups is 1. The van der Waals surface area contributed by atoms with E-state index in [9.17, 15) is 0 Å². The highest BCUT2D eigenvalue weighted by molar-refractivity contribution is 5.87. The number of aromatic amines is 1. The van der Waals surface area contributed by atoms with Crippen LogP contribution in [0.4, 0.5) is 23.4 Å². The SMILES string of the molecule is Cc1cccc(Nc2nc3nc(NCCO)nc(N4CCOCC4)c3[nH]2)c1. The Bertz CT molecular complexity index is 921. The van der Waals surface area contributed by atoms with Crippen LogP contribution < -0.4 is 15.5 Å². The van der Waals surface area contributed by atoms with Gasteiger partial charge in [-0.05, 0) is 24.6 Å². The van der Waals surface area contributed by atoms with Crippen LogP contribution in [-0.2, 0) is 4.74 Å². The fraction of sp³-hybridized carbons (Fsp3) is 0.389. The van der Waals surface area contributed by atoms with E-state index in [0.717, 1.165) is 30.1 Å². The maximum absolute atomic E-state index is 9.07. The molecule has 3 heterocycles. The molecular formula is C18H23N7O2. The second-order valence-electron chi connectivity index (χ2n) is 6.40. The predicted molar refractivity (Wildman–Crippen MR) is 105 cm³/mol. The van der Waals surface area contributed by atoms with Crippen LogP contribution in [0.15, 0.2) is 24.3 Å². The molecule has 4 rings (SSSR count). The highest BCUT2D eigenvalue weighted by Crippen LogP contribution is 2.27. The van der Waals surface area contributed by atoms with Gasteiger partial charge in [-0.2, -0.15) is 15.0 Å². The third-order valence-electron chi connectivity index (χ3n) is 4.32. The number of aryl methyl sites for hydroxylation is 1. The molecule has 142 valence electrons. The second kappa shape index (κ2) is 7.77. The van der Waals surface area contributed by atoms with E-state index >= 15 is 0 Å². The fourth-order valence-electron chi connectivity index (χ4n) is 3.05. The molecule has 1 aromatic carbocycles. The third kappa shape index (κ3) is 3.93. The molecule has 0 atom stereocenters. The van der Waals surface area contributed by atoms with Gasteiger partial charge in [0.05, 0.1) is 19.8 Å². The van der Waals surface area contributed by atoms with Crippen LogP contribution in [0.2, 0.25) is 0 Å². The zero-order valence-corrected chi connectivity index (χ0v) is 15.2. The maximum Gasteiger partial charge on any atom is 0.226 e. The van der Waals surface area contributed by atoms with Gasteiger partial charge in [0.15, 0.2) is 11.5 Å². The van der Waals surface area contributed by atoms with Crippen molar-refractivity contribution in [2.45, 2.75) is 6.92 Å². The summed E-state index contributed by atoms with van der Waals surface area (Å²) in [6, 6.07) is 8.08. The lowest BCUT2D eigenvalue weighted by molar-refractivity contribution is 0.122. The monoisotopic (exact) mass is 369 g/mol. The van der Waals surface area contributed by atoms with Gasteiger partial charge >= 0.3 is 0 Å². The summed E-state index contributed by atoms with van der Waals surface area (Å²) >= 11 is 0. The molecule has 2 aromatic heterocycles. The zero-order chi connectivity index (χ0) is 18.6. The topological polar surface area (TPSA) is 111 Å². The van der Waals surface area contributed by atoms with Crippen molar-refractivity contribution >= 4 is 34.6 Å². The van der Waals surface area contributed by atoms with Crippen molar-refractivity contribution in [3.63, 3.8) is 0 Å². The first-order valence-corrected chi connectivity index (χ1v) is 9.02. The Balaban J connectivity index is 1.70. The summed E-state index contributed by atoms with van der Waals surface area (Å²) < 4.78 is 5.45. The van der Waals surface area contributed by atoms with Gasteiger partial charge in [0.2, 0.25) is 11.9 Å². The second-order valence-corrected chi connectivity index (χ2v) is 6.40. The number of hydrogen-bond acceptors (Lipinski definition) is 8. The van der Waals surface area contributed by atoms with Crippen LogP contribution in [0.1, 0.15) is 5.56 Å². The first-order valence-electron chi connectivity index (χ1n) is 9.02. The van der Waals surface area contributed by atoms with Gasteiger partial charge in [0, 0.05) is 25.3 Å². The third-order valence-corrected chi connectivity index (χ3v) is 4.32. The number of rotatable bonds is 6. The number of benzene rings is 1. The summed E-state index contributed by atoms with van der Waals surface area (Å²) in [6.07, 6.45) is 0. The molecule has 1 saturated heterocycles. The van der Waals surface area contributed by atoms with Crippen molar-refractivity contribution in [2.24, 2.45) is 0 Å². The molecule has 0 bridgehead atoms. The van der Waals surface area contributed by atoms with Gasteiger partial charge in [-0.3, -0.25) is 0 Å². The number of aromatic nitrogens is 4. The van der Waals surface area contributed by atoms with Crippen LogP contribution >= 0.6 is 0 Å². The highest BCUT2D eigenvalue weighted by Gasteiger charge is 2.20. The number of aliphatic hydroxyl groups excluding tert-OH is 1. The van der Waals surface area contributed by atoms with Gasteiger partial charge in [0.1, 0.15) is 5.52 Å². The maximum atomic E-state index is 9.07. The number of H-pyrrole nitrogens is 1. The first-order chi connectivity index (χ1) is 13.2. The number of anilines is 4. The Kier molecular flexibility index (Phi) is 5.03. The lowest BCUT2D eigenvalue weighted by Gasteiger charge is -2.28. The normalized spacial score (nSPS) is 14.5. The fourth-order valence-corrected chi connectivity index (χ4v) is 3.05. The van der Waals surface area contributed by atoms with Crippen molar-refractivity contribution in [1.29, 1.82) is 0 Å². The lowest BCUT2D eigenvalue weighted by atomic mass is 10.2. The molecule has 0 aliphatic carbocycles. The van der Waals surface area contributed by atoms with E-state index < -0.39 is 0 Å². The van der Waals surface area contributed by atoms with Crippen molar-refractivity contribution in [3.05, 3.63) is 29.8 Å². The molecule has 0 unspecified atom stereocenters. The first kappa shape index (κ1) is 17.5. The Morgan fingerprint density at radius 2 is 2.07 bits per heavy atom. The van der Waals surface area contributed by atoms with E-state index in [0.29, 0.717) is 37.3 Å². The van der Waals surface area contributed by atoms with Crippen LogP contribution in [0.25, 0.3) is 11.2 Å². The van der Waals surface area contributed by atoms with E-state index in [1.165, 1.54) is 5.56 Å². The van der Waals surface area contributed by atoms with Crippen molar-refractivity contribution in [3.8, 4) is 0 Å². The van der Waals surface area contributed by atoms with E-state index in [1.54, 1.807) is 0 Å². The van der Waals surface area contributed by atoms with E-state index in [4.69, 9.17) is 9.84 Å². The largest absolute Gasteiger partial charge is 0.395 e. The molecule has 27 heavy (non-hydrogen) atoms. The average Bonchev–Trinajstić information content (AvgIpc) is 3.08. The number of hydrogen-bond donors (Lipinski definition) is 4. The van der Waals surface area contributed by atoms with E-state index in [1.807, 2.05) is 25.1 Å². The van der Waals surface area contributed by atoms with Crippen molar-refractivity contribution in [2.75, 3.05) is 55.0 Å². The molecule has 0 spiro atoms. The Morgan fingerprint density at radius 1 is 1.22 bits per heavy atom. The number of fused-ring (bicyclic) bond motifs is 1. The minimum absolute atomic E-state index is 0.00894. The molecule has 0 radical (unpaired) electrons. The number of nitrogens with one attached hydrogen (secondary N) is 3. The number of imidazole rings is 1. The molecule has 1 fully saturated rings. The minimum atomic E-state index is 0.00894. The summed E-state index contributed by atoms with van der Waals surface area (Å²) in [5, 5.41) is 15.4. The van der Waals surface area contributed by atoms with Crippen LogP contribution in [0.3, 0.4) is 0 Å². The predicted octanol–water partition coefficient (Wildman–Crippen LogP) is 1.65. The molecule has 9 nitrogen and oxygen atoms in total. The summed E-state index contributed by atoms with van der Waals surface area (Å²) in [5.74, 6) is 1.85. The van der Waals surface area contributed by atoms with Crippen LogP contribution in [-0.4, -0.2) is 64.5 Å². The van der Waals surface area contributed by atoms with Gasteiger partial charge in [-0.1, -0.05) is 12.1 Å². The van der Waals surface area contributed by atoms with Gasteiger partial charge in [-0.25, -0.2) is 0 Å². The molecule has 0 amide bonds. The number of ether oxygens (including phenoxy) is 1. The van der Waals surface area contributed by atoms with Gasteiger partial charge in [-0.15, -0.1) is 0 Å². The Hall–Kier alpha value is -2.91. The van der Waals surface area contributed by atoms with E-state index in [2.05, 4.69) is 41.5 Å². The summed E-state index contributed by atoms with van der Waals surface area (Å²) in [7, 11) is 0. The lowest BCUT2D eigenvalue weighted by Crippen LogP contribution is -2.37. The standard InChI is InChI=1S/C18H23N7O2/c1-12-3-2-4-13(11-12)20-18-21-14-15(23-18)22-17(19-5-8-26)24-16(14)25-6-9-27-10-7-25/h2-4,11,26H,5-10H2,1H3,(H3,19,20,21,22,23,24).